The molecular formula is C13H21NS. The third-order valence-electron chi connectivity index (χ3n) is 3.48. The van der Waals surface area contributed by atoms with Crippen molar-refractivity contribution in [3.05, 3.63) is 21.9 Å². The summed E-state index contributed by atoms with van der Waals surface area (Å²) >= 11 is 1.92. The number of hydrogen-bond donors (Lipinski definition) is 1. The van der Waals surface area contributed by atoms with Gasteiger partial charge in [-0.05, 0) is 44.2 Å². The molecule has 1 heterocycles. The summed E-state index contributed by atoms with van der Waals surface area (Å²) in [6, 6.07) is 5.24. The number of hydrogen-bond acceptors (Lipinski definition) is 2. The van der Waals surface area contributed by atoms with E-state index >= 15 is 0 Å². The highest BCUT2D eigenvalue weighted by molar-refractivity contribution is 7.11. The third kappa shape index (κ3) is 3.05. The van der Waals surface area contributed by atoms with Gasteiger partial charge in [-0.3, -0.25) is 0 Å². The molecule has 0 radical (unpaired) electrons. The second-order valence-corrected chi connectivity index (χ2v) is 6.05. The molecule has 1 saturated carbocycles. The van der Waals surface area contributed by atoms with Crippen LogP contribution in [0.15, 0.2) is 12.1 Å². The van der Waals surface area contributed by atoms with Gasteiger partial charge in [-0.15, -0.1) is 11.3 Å². The fourth-order valence-electron chi connectivity index (χ4n) is 2.46. The van der Waals surface area contributed by atoms with Crippen LogP contribution >= 0.6 is 11.3 Å². The summed E-state index contributed by atoms with van der Waals surface area (Å²) in [6.07, 6.45) is 5.55. The van der Waals surface area contributed by atoms with E-state index in [4.69, 9.17) is 0 Å². The molecule has 1 aliphatic carbocycles. The van der Waals surface area contributed by atoms with Gasteiger partial charge < -0.3 is 5.32 Å². The van der Waals surface area contributed by atoms with Crippen LogP contribution in [-0.2, 0) is 6.54 Å². The van der Waals surface area contributed by atoms with Gasteiger partial charge in [-0.1, -0.05) is 13.3 Å². The first-order valence-electron chi connectivity index (χ1n) is 6.06. The van der Waals surface area contributed by atoms with Crippen LogP contribution in [0.3, 0.4) is 0 Å². The number of aryl methyl sites for hydroxylation is 1. The van der Waals surface area contributed by atoms with E-state index in [-0.39, 0.29) is 0 Å². The Labute approximate surface area is 96.9 Å². The Morgan fingerprint density at radius 1 is 1.40 bits per heavy atom. The Morgan fingerprint density at radius 3 is 2.87 bits per heavy atom. The molecule has 1 aromatic rings. The maximum Gasteiger partial charge on any atom is 0.0302 e. The SMILES string of the molecule is CCC1CCC(NCc2ccc(C)s2)C1. The monoisotopic (exact) mass is 223 g/mol. The van der Waals surface area contributed by atoms with Crippen molar-refractivity contribution in [2.24, 2.45) is 5.92 Å². The van der Waals surface area contributed by atoms with Crippen LogP contribution in [0, 0.1) is 12.8 Å². The lowest BCUT2D eigenvalue weighted by Gasteiger charge is -2.11. The highest BCUT2D eigenvalue weighted by Crippen LogP contribution is 2.28. The van der Waals surface area contributed by atoms with Gasteiger partial charge in [-0.2, -0.15) is 0 Å². The van der Waals surface area contributed by atoms with Crippen LogP contribution in [0.5, 0.6) is 0 Å². The average Bonchev–Trinajstić information content (AvgIpc) is 2.83. The molecular weight excluding hydrogens is 202 g/mol. The quantitative estimate of drug-likeness (QED) is 0.820. The van der Waals surface area contributed by atoms with Gasteiger partial charge in [0.25, 0.3) is 0 Å². The summed E-state index contributed by atoms with van der Waals surface area (Å²) in [5, 5.41) is 3.69. The van der Waals surface area contributed by atoms with Crippen molar-refractivity contribution in [3.63, 3.8) is 0 Å². The standard InChI is InChI=1S/C13H21NS/c1-3-11-5-6-12(8-11)14-9-13-7-4-10(2)15-13/h4,7,11-12,14H,3,5-6,8-9H2,1-2H3. The topological polar surface area (TPSA) is 12.0 Å². The van der Waals surface area contributed by atoms with Crippen LogP contribution in [0.1, 0.15) is 42.4 Å². The van der Waals surface area contributed by atoms with Crippen molar-refractivity contribution in [2.75, 3.05) is 0 Å². The second-order valence-electron chi connectivity index (χ2n) is 4.68. The lowest BCUT2D eigenvalue weighted by atomic mass is 10.1. The lowest BCUT2D eigenvalue weighted by molar-refractivity contribution is 0.478. The largest absolute Gasteiger partial charge is 0.309 e. The second kappa shape index (κ2) is 5.13. The minimum atomic E-state index is 0.775. The summed E-state index contributed by atoms with van der Waals surface area (Å²) in [5.74, 6) is 0.979. The average molecular weight is 223 g/mol. The van der Waals surface area contributed by atoms with E-state index in [1.54, 1.807) is 0 Å². The molecule has 2 heteroatoms. The molecule has 2 unspecified atom stereocenters. The van der Waals surface area contributed by atoms with E-state index in [0.29, 0.717) is 0 Å². The smallest absolute Gasteiger partial charge is 0.0302 e. The zero-order chi connectivity index (χ0) is 10.7. The van der Waals surface area contributed by atoms with Gasteiger partial charge in [0.15, 0.2) is 0 Å². The van der Waals surface area contributed by atoms with Gasteiger partial charge in [0, 0.05) is 22.3 Å². The molecule has 2 atom stereocenters. The Balaban J connectivity index is 1.75. The summed E-state index contributed by atoms with van der Waals surface area (Å²) < 4.78 is 0. The Bertz CT molecular complexity index is 305. The van der Waals surface area contributed by atoms with Crippen molar-refractivity contribution in [3.8, 4) is 0 Å². The minimum absolute atomic E-state index is 0.775. The van der Waals surface area contributed by atoms with Gasteiger partial charge >= 0.3 is 0 Å². The van der Waals surface area contributed by atoms with Crippen molar-refractivity contribution in [1.82, 2.24) is 5.32 Å². The molecule has 0 spiro atoms. The fraction of sp³-hybridized carbons (Fsp3) is 0.692. The number of rotatable bonds is 4. The zero-order valence-corrected chi connectivity index (χ0v) is 10.6. The van der Waals surface area contributed by atoms with Crippen LogP contribution < -0.4 is 5.32 Å². The highest BCUT2D eigenvalue weighted by Gasteiger charge is 2.22. The lowest BCUT2D eigenvalue weighted by Crippen LogP contribution is -2.25. The summed E-state index contributed by atoms with van der Waals surface area (Å²) in [4.78, 5) is 2.90. The predicted octanol–water partition coefficient (Wildman–Crippen LogP) is 3.72. The Kier molecular flexibility index (Phi) is 3.81. The van der Waals surface area contributed by atoms with E-state index in [0.717, 1.165) is 18.5 Å². The molecule has 0 bridgehead atoms. The highest BCUT2D eigenvalue weighted by atomic mass is 32.1. The van der Waals surface area contributed by atoms with Gasteiger partial charge in [0.2, 0.25) is 0 Å². The van der Waals surface area contributed by atoms with Crippen LogP contribution in [0.25, 0.3) is 0 Å². The van der Waals surface area contributed by atoms with Gasteiger partial charge in [0.05, 0.1) is 0 Å². The minimum Gasteiger partial charge on any atom is -0.309 e. The van der Waals surface area contributed by atoms with E-state index < -0.39 is 0 Å². The Morgan fingerprint density at radius 2 is 2.27 bits per heavy atom. The van der Waals surface area contributed by atoms with Crippen molar-refractivity contribution in [2.45, 2.75) is 52.1 Å². The first-order valence-corrected chi connectivity index (χ1v) is 6.88. The van der Waals surface area contributed by atoms with Crippen LogP contribution in [0.2, 0.25) is 0 Å². The molecule has 1 nitrogen and oxygen atoms in total. The van der Waals surface area contributed by atoms with Crippen LogP contribution in [-0.4, -0.2) is 6.04 Å². The molecule has 0 amide bonds. The van der Waals surface area contributed by atoms with E-state index in [2.05, 4.69) is 31.3 Å². The molecule has 84 valence electrons. The fourth-order valence-corrected chi connectivity index (χ4v) is 3.30. The first-order chi connectivity index (χ1) is 7.28. The molecule has 1 N–H and O–H groups in total. The Hall–Kier alpha value is -0.340. The van der Waals surface area contributed by atoms with Gasteiger partial charge in [0.1, 0.15) is 0 Å². The summed E-state index contributed by atoms with van der Waals surface area (Å²) in [7, 11) is 0. The molecule has 2 rings (SSSR count). The summed E-state index contributed by atoms with van der Waals surface area (Å²) in [6.45, 7) is 5.56. The van der Waals surface area contributed by atoms with E-state index in [1.807, 2.05) is 11.3 Å². The van der Waals surface area contributed by atoms with Gasteiger partial charge in [-0.25, -0.2) is 0 Å². The molecule has 15 heavy (non-hydrogen) atoms. The molecule has 1 fully saturated rings. The van der Waals surface area contributed by atoms with E-state index in [1.165, 1.54) is 35.4 Å². The van der Waals surface area contributed by atoms with Crippen molar-refractivity contribution >= 4 is 11.3 Å². The molecule has 1 aromatic heterocycles. The zero-order valence-electron chi connectivity index (χ0n) is 9.75. The molecule has 0 saturated heterocycles. The van der Waals surface area contributed by atoms with E-state index in [9.17, 15) is 0 Å². The summed E-state index contributed by atoms with van der Waals surface area (Å²) in [5.41, 5.74) is 0. The molecule has 0 aliphatic heterocycles. The maximum atomic E-state index is 3.69. The maximum absolute atomic E-state index is 3.69. The third-order valence-corrected chi connectivity index (χ3v) is 4.48. The normalized spacial score (nSPS) is 26.0. The predicted molar refractivity (Wildman–Crippen MR) is 67.3 cm³/mol. The van der Waals surface area contributed by atoms with Crippen molar-refractivity contribution < 1.29 is 0 Å². The molecule has 1 aliphatic rings. The number of thiophene rings is 1. The number of nitrogens with one attached hydrogen (secondary N) is 1. The first kappa shape index (κ1) is 11.2. The molecule has 0 aromatic carbocycles. The van der Waals surface area contributed by atoms with Crippen LogP contribution in [0.4, 0.5) is 0 Å². The van der Waals surface area contributed by atoms with Crippen molar-refractivity contribution in [1.29, 1.82) is 0 Å².